The van der Waals surface area contributed by atoms with Crippen LogP contribution >= 0.6 is 0 Å². The van der Waals surface area contributed by atoms with E-state index in [1.165, 1.54) is 17.5 Å². The summed E-state index contributed by atoms with van der Waals surface area (Å²) in [5, 5.41) is 3.73. The number of rotatable bonds is 6. The first kappa shape index (κ1) is 16.5. The van der Waals surface area contributed by atoms with Gasteiger partial charge in [-0.25, -0.2) is 0 Å². The normalized spacial score (nSPS) is 21.5. The molecule has 0 bridgehead atoms. The van der Waals surface area contributed by atoms with Crippen molar-refractivity contribution in [1.29, 1.82) is 0 Å². The van der Waals surface area contributed by atoms with Gasteiger partial charge in [-0.2, -0.15) is 0 Å². The van der Waals surface area contributed by atoms with Gasteiger partial charge < -0.3 is 5.32 Å². The molecule has 0 spiro atoms. The second-order valence-electron chi connectivity index (χ2n) is 8.30. The molecule has 0 amide bonds. The molecule has 2 rings (SSSR count). The fraction of sp³-hybridized carbons (Fsp3) is 0.700. The van der Waals surface area contributed by atoms with Crippen molar-refractivity contribution < 1.29 is 0 Å². The molecule has 0 radical (unpaired) electrons. The van der Waals surface area contributed by atoms with Gasteiger partial charge in [-0.1, -0.05) is 72.7 Å². The Labute approximate surface area is 131 Å². The summed E-state index contributed by atoms with van der Waals surface area (Å²) < 4.78 is 0. The van der Waals surface area contributed by atoms with E-state index in [-0.39, 0.29) is 0 Å². The highest BCUT2D eigenvalue weighted by atomic mass is 15.0. The number of hydrogen-bond acceptors (Lipinski definition) is 1. The van der Waals surface area contributed by atoms with Crippen molar-refractivity contribution in [3.8, 4) is 0 Å². The molecule has 0 aliphatic heterocycles. The number of benzene rings is 1. The van der Waals surface area contributed by atoms with Gasteiger partial charge in [0.05, 0.1) is 0 Å². The summed E-state index contributed by atoms with van der Waals surface area (Å²) in [7, 11) is 0. The van der Waals surface area contributed by atoms with E-state index in [1.807, 2.05) is 0 Å². The fourth-order valence-electron chi connectivity index (χ4n) is 4.06. The van der Waals surface area contributed by atoms with Crippen LogP contribution in [0.1, 0.15) is 65.6 Å². The Hall–Kier alpha value is -0.820. The first-order chi connectivity index (χ1) is 9.71. The Bertz CT molecular complexity index is 453. The standard InChI is InChI=1S/C20H33N/c1-8-21-17(18-19(4,5)20(18,6)7)16-11-9-15(10-12-16)13-14(2)3/h9-12,14,17-18,21H,8,13H2,1-7H3. The molecule has 1 aliphatic carbocycles. The molecule has 0 aromatic heterocycles. The highest BCUT2D eigenvalue weighted by Gasteiger charge is 2.67. The molecular weight excluding hydrogens is 254 g/mol. The van der Waals surface area contributed by atoms with Gasteiger partial charge in [-0.05, 0) is 46.8 Å². The minimum absolute atomic E-state index is 0.413. The Morgan fingerprint density at radius 1 is 1.00 bits per heavy atom. The van der Waals surface area contributed by atoms with Crippen LogP contribution in [0.25, 0.3) is 0 Å². The monoisotopic (exact) mass is 287 g/mol. The van der Waals surface area contributed by atoms with Crippen LogP contribution in [0.3, 0.4) is 0 Å². The summed E-state index contributed by atoms with van der Waals surface area (Å²) in [6.45, 7) is 17.5. The summed E-state index contributed by atoms with van der Waals surface area (Å²) in [5.74, 6) is 1.43. The van der Waals surface area contributed by atoms with Crippen LogP contribution in [0.5, 0.6) is 0 Å². The second-order valence-corrected chi connectivity index (χ2v) is 8.30. The zero-order chi connectivity index (χ0) is 15.8. The molecule has 1 fully saturated rings. The maximum Gasteiger partial charge on any atom is 0.0359 e. The fourth-order valence-corrected chi connectivity index (χ4v) is 4.06. The van der Waals surface area contributed by atoms with E-state index in [9.17, 15) is 0 Å². The summed E-state index contributed by atoms with van der Waals surface area (Å²) in [5.41, 5.74) is 3.73. The van der Waals surface area contributed by atoms with Gasteiger partial charge in [0.1, 0.15) is 0 Å². The summed E-state index contributed by atoms with van der Waals surface area (Å²) in [6.07, 6.45) is 1.17. The van der Waals surface area contributed by atoms with Crippen LogP contribution in [-0.4, -0.2) is 6.54 Å². The van der Waals surface area contributed by atoms with Gasteiger partial charge in [0.15, 0.2) is 0 Å². The molecule has 1 nitrogen and oxygen atoms in total. The molecule has 1 N–H and O–H groups in total. The Morgan fingerprint density at radius 3 is 1.90 bits per heavy atom. The summed E-state index contributed by atoms with van der Waals surface area (Å²) in [4.78, 5) is 0. The highest BCUT2D eigenvalue weighted by molar-refractivity contribution is 5.30. The lowest BCUT2D eigenvalue weighted by molar-refractivity contribution is 0.418. The molecule has 1 aliphatic rings. The third-order valence-corrected chi connectivity index (χ3v) is 5.87. The Morgan fingerprint density at radius 2 is 1.52 bits per heavy atom. The van der Waals surface area contributed by atoms with Crippen molar-refractivity contribution in [2.75, 3.05) is 6.54 Å². The van der Waals surface area contributed by atoms with Crippen LogP contribution < -0.4 is 5.32 Å². The first-order valence-corrected chi connectivity index (χ1v) is 8.54. The Kier molecular flexibility index (Phi) is 4.54. The van der Waals surface area contributed by atoms with Crippen molar-refractivity contribution in [2.45, 2.75) is 60.9 Å². The predicted molar refractivity (Wildman–Crippen MR) is 92.5 cm³/mol. The molecule has 0 heterocycles. The Balaban J connectivity index is 2.20. The average Bonchev–Trinajstić information content (AvgIpc) is 2.78. The maximum atomic E-state index is 3.73. The van der Waals surface area contributed by atoms with Crippen LogP contribution in [0.15, 0.2) is 24.3 Å². The molecule has 1 unspecified atom stereocenters. The van der Waals surface area contributed by atoms with Crippen molar-refractivity contribution >= 4 is 0 Å². The van der Waals surface area contributed by atoms with Gasteiger partial charge in [0.2, 0.25) is 0 Å². The van der Waals surface area contributed by atoms with E-state index in [0.29, 0.717) is 22.8 Å². The smallest absolute Gasteiger partial charge is 0.0359 e. The molecule has 1 heteroatoms. The van der Waals surface area contributed by atoms with Crippen molar-refractivity contribution in [3.05, 3.63) is 35.4 Å². The van der Waals surface area contributed by atoms with Crippen LogP contribution in [0.2, 0.25) is 0 Å². The van der Waals surface area contributed by atoms with Gasteiger partial charge >= 0.3 is 0 Å². The molecule has 0 saturated heterocycles. The molecule has 1 aromatic rings. The van der Waals surface area contributed by atoms with Gasteiger partial charge in [0, 0.05) is 6.04 Å². The minimum Gasteiger partial charge on any atom is -0.310 e. The molecule has 118 valence electrons. The van der Waals surface area contributed by atoms with Crippen LogP contribution in [-0.2, 0) is 6.42 Å². The lowest BCUT2D eigenvalue weighted by atomic mass is 9.94. The lowest BCUT2D eigenvalue weighted by Crippen LogP contribution is -2.25. The summed E-state index contributed by atoms with van der Waals surface area (Å²) in [6, 6.07) is 9.81. The van der Waals surface area contributed by atoms with E-state index in [0.717, 1.165) is 12.5 Å². The quantitative estimate of drug-likeness (QED) is 0.756. The van der Waals surface area contributed by atoms with Crippen LogP contribution in [0.4, 0.5) is 0 Å². The number of nitrogens with one attached hydrogen (secondary N) is 1. The highest BCUT2D eigenvalue weighted by Crippen LogP contribution is 2.72. The van der Waals surface area contributed by atoms with Crippen molar-refractivity contribution in [2.24, 2.45) is 22.7 Å². The third kappa shape index (κ3) is 3.04. The largest absolute Gasteiger partial charge is 0.310 e. The van der Waals surface area contributed by atoms with E-state index in [2.05, 4.69) is 78.0 Å². The van der Waals surface area contributed by atoms with E-state index < -0.39 is 0 Å². The van der Waals surface area contributed by atoms with Gasteiger partial charge in [-0.3, -0.25) is 0 Å². The van der Waals surface area contributed by atoms with E-state index in [1.54, 1.807) is 0 Å². The van der Waals surface area contributed by atoms with Gasteiger partial charge in [-0.15, -0.1) is 0 Å². The van der Waals surface area contributed by atoms with Gasteiger partial charge in [0.25, 0.3) is 0 Å². The third-order valence-electron chi connectivity index (χ3n) is 5.87. The second kappa shape index (κ2) is 5.76. The lowest BCUT2D eigenvalue weighted by Gasteiger charge is -2.21. The minimum atomic E-state index is 0.413. The SMILES string of the molecule is CCNC(c1ccc(CC(C)C)cc1)C1C(C)(C)C1(C)C. The molecule has 1 atom stereocenters. The maximum absolute atomic E-state index is 3.73. The molecule has 21 heavy (non-hydrogen) atoms. The summed E-state index contributed by atoms with van der Waals surface area (Å²) >= 11 is 0. The van der Waals surface area contributed by atoms with E-state index >= 15 is 0 Å². The first-order valence-electron chi connectivity index (χ1n) is 8.54. The molecule has 1 saturated carbocycles. The topological polar surface area (TPSA) is 12.0 Å². The van der Waals surface area contributed by atoms with Crippen molar-refractivity contribution in [1.82, 2.24) is 5.32 Å². The molecular formula is C20H33N. The molecule has 1 aromatic carbocycles. The van der Waals surface area contributed by atoms with E-state index in [4.69, 9.17) is 0 Å². The zero-order valence-corrected chi connectivity index (χ0v) is 15.0. The number of hydrogen-bond donors (Lipinski definition) is 1. The zero-order valence-electron chi connectivity index (χ0n) is 15.0. The average molecular weight is 287 g/mol. The van der Waals surface area contributed by atoms with Crippen LogP contribution in [0, 0.1) is 22.7 Å². The predicted octanol–water partition coefficient (Wildman–Crippen LogP) is 5.22. The van der Waals surface area contributed by atoms with Crippen molar-refractivity contribution in [3.63, 3.8) is 0 Å².